The lowest BCUT2D eigenvalue weighted by Crippen LogP contribution is -2.29. The molecule has 0 saturated carbocycles. The number of hydrogen-bond acceptors (Lipinski definition) is 5. The Morgan fingerprint density at radius 3 is 3.00 bits per heavy atom. The van der Waals surface area contributed by atoms with E-state index in [0.717, 1.165) is 4.68 Å². The third kappa shape index (κ3) is 3.09. The molecule has 2 rings (SSSR count). The molecule has 20 heavy (non-hydrogen) atoms. The SMILES string of the molecule is O=C(O)NC/C(=C/F)Cn1ncn(-c2nccs2)c1=O. The summed E-state index contributed by atoms with van der Waals surface area (Å²) in [6.45, 7) is -0.365. The van der Waals surface area contributed by atoms with Gasteiger partial charge in [0.05, 0.1) is 12.9 Å². The zero-order valence-corrected chi connectivity index (χ0v) is 10.9. The van der Waals surface area contributed by atoms with E-state index in [0.29, 0.717) is 5.13 Å². The fraction of sp³-hybridized carbons (Fsp3) is 0.200. The molecule has 2 N–H and O–H groups in total. The van der Waals surface area contributed by atoms with Crippen LogP contribution < -0.4 is 11.0 Å². The molecule has 0 unspecified atom stereocenters. The molecule has 0 aliphatic carbocycles. The number of halogens is 1. The highest BCUT2D eigenvalue weighted by atomic mass is 32.1. The first-order valence-electron chi connectivity index (χ1n) is 5.41. The molecule has 0 aliphatic rings. The molecule has 0 aliphatic heterocycles. The van der Waals surface area contributed by atoms with E-state index in [1.165, 1.54) is 22.2 Å². The average Bonchev–Trinajstić information content (AvgIpc) is 3.04. The van der Waals surface area contributed by atoms with Crippen LogP contribution in [0.25, 0.3) is 5.13 Å². The number of aromatic nitrogens is 4. The first-order chi connectivity index (χ1) is 9.61. The second-order valence-electron chi connectivity index (χ2n) is 3.68. The van der Waals surface area contributed by atoms with Crippen molar-refractivity contribution in [1.82, 2.24) is 24.6 Å². The lowest BCUT2D eigenvalue weighted by molar-refractivity contribution is 0.195. The maximum Gasteiger partial charge on any atom is 0.404 e. The molecule has 0 fully saturated rings. The zero-order chi connectivity index (χ0) is 14.5. The molecule has 8 nitrogen and oxygen atoms in total. The Labute approximate surface area is 115 Å². The van der Waals surface area contributed by atoms with Crippen molar-refractivity contribution in [3.8, 4) is 5.13 Å². The average molecular weight is 299 g/mol. The Morgan fingerprint density at radius 2 is 2.40 bits per heavy atom. The van der Waals surface area contributed by atoms with Crippen LogP contribution in [0.1, 0.15) is 0 Å². The Hall–Kier alpha value is -2.49. The summed E-state index contributed by atoms with van der Waals surface area (Å²) >= 11 is 1.26. The molecule has 2 heterocycles. The summed E-state index contributed by atoms with van der Waals surface area (Å²) in [5.41, 5.74) is -0.395. The number of thiazole rings is 1. The van der Waals surface area contributed by atoms with Crippen LogP contribution in [0.15, 0.2) is 34.6 Å². The number of amides is 1. The first kappa shape index (κ1) is 13.9. The predicted molar refractivity (Wildman–Crippen MR) is 68.7 cm³/mol. The van der Waals surface area contributed by atoms with Gasteiger partial charge in [0.15, 0.2) is 5.13 Å². The van der Waals surface area contributed by atoms with Gasteiger partial charge in [-0.05, 0) is 5.57 Å². The van der Waals surface area contributed by atoms with Crippen LogP contribution in [0, 0.1) is 0 Å². The van der Waals surface area contributed by atoms with Gasteiger partial charge in [-0.1, -0.05) is 0 Å². The van der Waals surface area contributed by atoms with Crippen LogP contribution in [0.5, 0.6) is 0 Å². The van der Waals surface area contributed by atoms with Gasteiger partial charge >= 0.3 is 11.8 Å². The monoisotopic (exact) mass is 299 g/mol. The first-order valence-corrected chi connectivity index (χ1v) is 6.29. The van der Waals surface area contributed by atoms with E-state index in [9.17, 15) is 14.0 Å². The molecule has 0 radical (unpaired) electrons. The lowest BCUT2D eigenvalue weighted by atomic mass is 10.3. The van der Waals surface area contributed by atoms with Gasteiger partial charge in [0.25, 0.3) is 0 Å². The molecular weight excluding hydrogens is 289 g/mol. The van der Waals surface area contributed by atoms with E-state index in [-0.39, 0.29) is 25.0 Å². The third-order valence-corrected chi connectivity index (χ3v) is 3.10. The van der Waals surface area contributed by atoms with E-state index in [1.54, 1.807) is 11.6 Å². The summed E-state index contributed by atoms with van der Waals surface area (Å²) in [7, 11) is 0. The molecular formula is C10H10FN5O3S. The highest BCUT2D eigenvalue weighted by Gasteiger charge is 2.10. The molecule has 10 heteroatoms. The largest absolute Gasteiger partial charge is 0.465 e. The van der Waals surface area contributed by atoms with Crippen molar-refractivity contribution in [1.29, 1.82) is 0 Å². The number of carbonyl (C=O) groups is 1. The van der Waals surface area contributed by atoms with Gasteiger partial charge in [-0.25, -0.2) is 28.2 Å². The fourth-order valence-corrected chi connectivity index (χ4v) is 2.03. The number of nitrogens with one attached hydrogen (secondary N) is 1. The third-order valence-electron chi connectivity index (χ3n) is 2.33. The Kier molecular flexibility index (Phi) is 4.25. The van der Waals surface area contributed by atoms with Crippen molar-refractivity contribution in [3.05, 3.63) is 40.3 Å². The van der Waals surface area contributed by atoms with Crippen molar-refractivity contribution in [2.75, 3.05) is 6.54 Å². The normalized spacial score (nSPS) is 11.6. The van der Waals surface area contributed by atoms with Gasteiger partial charge < -0.3 is 10.4 Å². The van der Waals surface area contributed by atoms with E-state index >= 15 is 0 Å². The molecule has 0 atom stereocenters. The summed E-state index contributed by atoms with van der Waals surface area (Å²) < 4.78 is 14.9. The Balaban J connectivity index is 2.14. The van der Waals surface area contributed by atoms with Crippen molar-refractivity contribution in [3.63, 3.8) is 0 Å². The van der Waals surface area contributed by atoms with E-state index in [2.05, 4.69) is 10.1 Å². The standard InChI is InChI=1S/C10H10FN5O3S/c11-3-7(4-13-9(17)18)5-16-10(19)15(6-14-16)8-12-1-2-20-8/h1-3,6,13H,4-5H2,(H,17,18)/b7-3-. The summed E-state index contributed by atoms with van der Waals surface area (Å²) in [6.07, 6.45) is 1.81. The molecule has 2 aromatic rings. The molecule has 1 amide bonds. The van der Waals surface area contributed by atoms with Crippen LogP contribution in [0.4, 0.5) is 9.18 Å². The number of rotatable bonds is 5. The fourth-order valence-electron chi connectivity index (χ4n) is 1.42. The Morgan fingerprint density at radius 1 is 1.60 bits per heavy atom. The number of nitrogens with zero attached hydrogens (tertiary/aromatic N) is 4. The maximum atomic E-state index is 12.7. The van der Waals surface area contributed by atoms with Gasteiger partial charge in [-0.15, -0.1) is 11.3 Å². The smallest absolute Gasteiger partial charge is 0.404 e. The molecule has 2 aromatic heterocycles. The van der Waals surface area contributed by atoms with Crippen molar-refractivity contribution in [2.24, 2.45) is 0 Å². The van der Waals surface area contributed by atoms with E-state index < -0.39 is 11.8 Å². The summed E-state index contributed by atoms with van der Waals surface area (Å²) in [6, 6.07) is 0. The van der Waals surface area contributed by atoms with Gasteiger partial charge in [0.2, 0.25) is 0 Å². The molecule has 0 aromatic carbocycles. The van der Waals surface area contributed by atoms with Crippen LogP contribution in [0.2, 0.25) is 0 Å². The second-order valence-corrected chi connectivity index (χ2v) is 4.55. The summed E-state index contributed by atoms with van der Waals surface area (Å²) in [5.74, 6) is 0. The van der Waals surface area contributed by atoms with Gasteiger partial charge in [-0.3, -0.25) is 0 Å². The van der Waals surface area contributed by atoms with Crippen molar-refractivity contribution in [2.45, 2.75) is 6.54 Å². The predicted octanol–water partition coefficient (Wildman–Crippen LogP) is 0.611. The minimum atomic E-state index is -1.27. The molecule has 0 spiro atoms. The highest BCUT2D eigenvalue weighted by Crippen LogP contribution is 2.07. The van der Waals surface area contributed by atoms with E-state index in [1.807, 2.05) is 5.32 Å². The van der Waals surface area contributed by atoms with Crippen LogP contribution >= 0.6 is 11.3 Å². The quantitative estimate of drug-likeness (QED) is 0.842. The number of carboxylic acid groups (broad SMARTS) is 1. The Bertz CT molecular complexity index is 675. The van der Waals surface area contributed by atoms with Gasteiger partial charge in [0, 0.05) is 18.1 Å². The summed E-state index contributed by atoms with van der Waals surface area (Å²) in [5, 5.41) is 16.5. The van der Waals surface area contributed by atoms with Crippen LogP contribution in [-0.4, -0.2) is 37.1 Å². The molecule has 0 saturated heterocycles. The summed E-state index contributed by atoms with van der Waals surface area (Å²) in [4.78, 5) is 26.3. The highest BCUT2D eigenvalue weighted by molar-refractivity contribution is 7.12. The van der Waals surface area contributed by atoms with Gasteiger partial charge in [-0.2, -0.15) is 5.10 Å². The zero-order valence-electron chi connectivity index (χ0n) is 10.1. The van der Waals surface area contributed by atoms with Crippen molar-refractivity contribution < 1.29 is 14.3 Å². The topological polar surface area (TPSA) is 102 Å². The van der Waals surface area contributed by atoms with E-state index in [4.69, 9.17) is 5.11 Å². The van der Waals surface area contributed by atoms with Gasteiger partial charge in [0.1, 0.15) is 6.33 Å². The maximum absolute atomic E-state index is 12.7. The second kappa shape index (κ2) is 6.10. The van der Waals surface area contributed by atoms with Crippen LogP contribution in [-0.2, 0) is 6.54 Å². The molecule has 0 bridgehead atoms. The van der Waals surface area contributed by atoms with Crippen LogP contribution in [0.3, 0.4) is 0 Å². The molecule has 106 valence electrons. The minimum Gasteiger partial charge on any atom is -0.465 e. The minimum absolute atomic E-state index is 0.0823. The lowest BCUT2D eigenvalue weighted by Gasteiger charge is -2.04. The number of hydrogen-bond donors (Lipinski definition) is 2. The van der Waals surface area contributed by atoms with Crippen molar-refractivity contribution >= 4 is 17.4 Å².